The van der Waals surface area contributed by atoms with Crippen LogP contribution < -0.4 is 10.1 Å². The van der Waals surface area contributed by atoms with Crippen LogP contribution in [0.15, 0.2) is 54.9 Å². The maximum absolute atomic E-state index is 14.0. The van der Waals surface area contributed by atoms with Gasteiger partial charge in [0.05, 0.1) is 28.2 Å². The number of aryl methyl sites for hydroxylation is 2. The number of amides is 1. The van der Waals surface area contributed by atoms with Crippen molar-refractivity contribution in [2.45, 2.75) is 20.5 Å². The van der Waals surface area contributed by atoms with Gasteiger partial charge in [-0.1, -0.05) is 6.07 Å². The zero-order valence-electron chi connectivity index (χ0n) is 18.6. The zero-order chi connectivity index (χ0) is 24.7. The number of ether oxygens (including phenoxy) is 1. The molecule has 0 fully saturated rings. The molecule has 5 rings (SSSR count). The number of anilines is 1. The standard InChI is InChI=1S/C25H18F3N5O2/c1-13-11-33-22(24(34)32-21-8-9-29-20-7-6-15(26)10-16(20)21)14(2)31-23(33)25(30-13)35-12-17-18(27)4-3-5-19(17)28/h3-11H,12H2,1-2H3,(H,29,32,34). The molecule has 176 valence electrons. The Morgan fingerprint density at radius 3 is 2.60 bits per heavy atom. The molecule has 2 aromatic carbocycles. The molecule has 0 aliphatic heterocycles. The molecule has 7 nitrogen and oxygen atoms in total. The molecule has 3 aromatic heterocycles. The number of rotatable bonds is 5. The van der Waals surface area contributed by atoms with E-state index in [1.807, 2.05) is 0 Å². The average Bonchev–Trinajstić information content (AvgIpc) is 3.14. The van der Waals surface area contributed by atoms with Crippen molar-refractivity contribution in [2.75, 3.05) is 5.32 Å². The number of fused-ring (bicyclic) bond motifs is 2. The fraction of sp³-hybridized carbons (Fsp3) is 0.120. The molecule has 1 N–H and O–H groups in total. The highest BCUT2D eigenvalue weighted by atomic mass is 19.1. The molecule has 0 radical (unpaired) electrons. The van der Waals surface area contributed by atoms with Crippen molar-refractivity contribution in [3.8, 4) is 5.88 Å². The van der Waals surface area contributed by atoms with Crippen molar-refractivity contribution in [1.82, 2.24) is 19.4 Å². The molecule has 3 heterocycles. The Balaban J connectivity index is 1.51. The first-order valence-corrected chi connectivity index (χ1v) is 10.6. The lowest BCUT2D eigenvalue weighted by atomic mass is 10.1. The predicted molar refractivity (Wildman–Crippen MR) is 123 cm³/mol. The highest BCUT2D eigenvalue weighted by molar-refractivity contribution is 6.08. The van der Waals surface area contributed by atoms with Gasteiger partial charge >= 0.3 is 0 Å². The highest BCUT2D eigenvalue weighted by Crippen LogP contribution is 2.26. The Kier molecular flexibility index (Phi) is 5.56. The van der Waals surface area contributed by atoms with Gasteiger partial charge in [0, 0.05) is 17.8 Å². The lowest BCUT2D eigenvalue weighted by Crippen LogP contribution is -2.16. The van der Waals surface area contributed by atoms with Gasteiger partial charge in [0.15, 0.2) is 0 Å². The number of carbonyl (C=O) groups is 1. The molecule has 0 saturated carbocycles. The molecule has 5 aromatic rings. The van der Waals surface area contributed by atoms with Crippen LogP contribution in [0.1, 0.15) is 27.4 Å². The molecule has 35 heavy (non-hydrogen) atoms. The third kappa shape index (κ3) is 4.14. The van der Waals surface area contributed by atoms with Gasteiger partial charge in [-0.05, 0) is 50.2 Å². The molecular formula is C25H18F3N5O2. The number of aromatic nitrogens is 4. The van der Waals surface area contributed by atoms with Gasteiger partial charge in [-0.2, -0.15) is 0 Å². The summed E-state index contributed by atoms with van der Waals surface area (Å²) >= 11 is 0. The van der Waals surface area contributed by atoms with E-state index in [2.05, 4.69) is 20.3 Å². The minimum absolute atomic E-state index is 0.0197. The van der Waals surface area contributed by atoms with Crippen molar-refractivity contribution in [3.05, 3.63) is 95.0 Å². The summed E-state index contributed by atoms with van der Waals surface area (Å²) in [6.45, 7) is 2.92. The van der Waals surface area contributed by atoms with Crippen molar-refractivity contribution in [1.29, 1.82) is 0 Å². The fourth-order valence-corrected chi connectivity index (χ4v) is 3.84. The summed E-state index contributed by atoms with van der Waals surface area (Å²) in [7, 11) is 0. The van der Waals surface area contributed by atoms with Crippen LogP contribution in [-0.2, 0) is 6.61 Å². The minimum atomic E-state index is -0.741. The summed E-state index contributed by atoms with van der Waals surface area (Å²) in [5, 5.41) is 3.24. The number of halogens is 3. The first kappa shape index (κ1) is 22.3. The Bertz CT molecular complexity index is 1600. The minimum Gasteiger partial charge on any atom is -0.470 e. The van der Waals surface area contributed by atoms with E-state index in [1.54, 1.807) is 26.1 Å². The summed E-state index contributed by atoms with van der Waals surface area (Å²) in [6, 6.07) is 9.22. The van der Waals surface area contributed by atoms with Gasteiger partial charge in [-0.25, -0.2) is 23.1 Å². The lowest BCUT2D eigenvalue weighted by Gasteiger charge is -2.11. The number of pyridine rings is 1. The maximum atomic E-state index is 14.0. The van der Waals surface area contributed by atoms with E-state index in [9.17, 15) is 18.0 Å². The second kappa shape index (κ2) is 8.71. The first-order chi connectivity index (χ1) is 16.8. The Morgan fingerprint density at radius 1 is 1.06 bits per heavy atom. The molecule has 0 unspecified atom stereocenters. The highest BCUT2D eigenvalue weighted by Gasteiger charge is 2.22. The van der Waals surface area contributed by atoms with Gasteiger partial charge in [0.1, 0.15) is 29.8 Å². The number of benzene rings is 2. The van der Waals surface area contributed by atoms with Crippen LogP contribution in [0.5, 0.6) is 5.88 Å². The van der Waals surface area contributed by atoms with Crippen LogP contribution in [0.2, 0.25) is 0 Å². The number of carbonyl (C=O) groups excluding carboxylic acids is 1. The number of imidazole rings is 1. The van der Waals surface area contributed by atoms with Crippen LogP contribution in [0.25, 0.3) is 16.6 Å². The second-order valence-corrected chi connectivity index (χ2v) is 7.89. The molecule has 0 aliphatic rings. The van der Waals surface area contributed by atoms with Gasteiger partial charge in [-0.3, -0.25) is 14.2 Å². The molecule has 0 atom stereocenters. The zero-order valence-corrected chi connectivity index (χ0v) is 18.6. The van der Waals surface area contributed by atoms with Gasteiger partial charge in [0.2, 0.25) is 5.65 Å². The van der Waals surface area contributed by atoms with E-state index >= 15 is 0 Å². The third-order valence-corrected chi connectivity index (χ3v) is 5.45. The van der Waals surface area contributed by atoms with Crippen LogP contribution in [-0.4, -0.2) is 25.3 Å². The smallest absolute Gasteiger partial charge is 0.274 e. The molecular weight excluding hydrogens is 459 g/mol. The van der Waals surface area contributed by atoms with Gasteiger partial charge in [0.25, 0.3) is 11.8 Å². The Morgan fingerprint density at radius 2 is 1.83 bits per heavy atom. The molecule has 0 aliphatic carbocycles. The fourth-order valence-electron chi connectivity index (χ4n) is 3.84. The predicted octanol–water partition coefficient (Wildman–Crippen LogP) is 5.14. The lowest BCUT2D eigenvalue weighted by molar-refractivity contribution is 0.102. The number of nitrogens with one attached hydrogen (secondary N) is 1. The summed E-state index contributed by atoms with van der Waals surface area (Å²) in [5.74, 6) is -2.42. The topological polar surface area (TPSA) is 81.4 Å². The number of nitrogens with zero attached hydrogens (tertiary/aromatic N) is 4. The van der Waals surface area contributed by atoms with E-state index < -0.39 is 30.0 Å². The SMILES string of the molecule is Cc1cn2c(C(=O)Nc3ccnc4ccc(F)cc34)c(C)nc2c(OCc2c(F)cccc2F)n1. The van der Waals surface area contributed by atoms with Crippen LogP contribution >= 0.6 is 0 Å². The average molecular weight is 477 g/mol. The van der Waals surface area contributed by atoms with E-state index in [4.69, 9.17) is 4.74 Å². The summed E-state index contributed by atoms with van der Waals surface area (Å²) in [6.07, 6.45) is 3.12. The summed E-state index contributed by atoms with van der Waals surface area (Å²) < 4.78 is 49.0. The number of hydrogen-bond donors (Lipinski definition) is 1. The van der Waals surface area contributed by atoms with Gasteiger partial charge in [-0.15, -0.1) is 0 Å². The van der Waals surface area contributed by atoms with Crippen LogP contribution in [0.3, 0.4) is 0 Å². The molecule has 0 saturated heterocycles. The van der Waals surface area contributed by atoms with Crippen molar-refractivity contribution in [2.24, 2.45) is 0 Å². The van der Waals surface area contributed by atoms with Crippen molar-refractivity contribution < 1.29 is 22.7 Å². The van der Waals surface area contributed by atoms with E-state index in [1.165, 1.54) is 34.9 Å². The van der Waals surface area contributed by atoms with Crippen molar-refractivity contribution >= 4 is 28.1 Å². The normalized spacial score (nSPS) is 11.2. The summed E-state index contributed by atoms with van der Waals surface area (Å²) in [4.78, 5) is 26.2. The summed E-state index contributed by atoms with van der Waals surface area (Å²) in [5.41, 5.74) is 1.94. The van der Waals surface area contributed by atoms with Crippen LogP contribution in [0, 0.1) is 31.3 Å². The van der Waals surface area contributed by atoms with E-state index in [-0.39, 0.29) is 22.8 Å². The van der Waals surface area contributed by atoms with Gasteiger partial charge < -0.3 is 10.1 Å². The van der Waals surface area contributed by atoms with Crippen molar-refractivity contribution in [3.63, 3.8) is 0 Å². The first-order valence-electron chi connectivity index (χ1n) is 10.6. The Labute approximate surface area is 197 Å². The molecule has 0 spiro atoms. The van der Waals surface area contributed by atoms with E-state index in [0.717, 1.165) is 12.1 Å². The number of hydrogen-bond acceptors (Lipinski definition) is 5. The maximum Gasteiger partial charge on any atom is 0.274 e. The third-order valence-electron chi connectivity index (χ3n) is 5.45. The second-order valence-electron chi connectivity index (χ2n) is 7.89. The molecule has 10 heteroatoms. The monoisotopic (exact) mass is 477 g/mol. The quantitative estimate of drug-likeness (QED) is 0.379. The van der Waals surface area contributed by atoms with Crippen LogP contribution in [0.4, 0.5) is 18.9 Å². The molecule has 0 bridgehead atoms. The Hall–Kier alpha value is -4.47. The largest absolute Gasteiger partial charge is 0.470 e. The molecule has 1 amide bonds. The van der Waals surface area contributed by atoms with E-state index in [0.29, 0.717) is 28.0 Å².